The molecule has 2 aromatic rings. The Balaban J connectivity index is 2.42. The van der Waals surface area contributed by atoms with Gasteiger partial charge in [-0.25, -0.2) is 9.78 Å². The zero-order valence-corrected chi connectivity index (χ0v) is 11.0. The molecule has 2 N–H and O–H groups in total. The zero-order chi connectivity index (χ0) is 14.0. The van der Waals surface area contributed by atoms with Gasteiger partial charge in [-0.15, -0.1) is 0 Å². The van der Waals surface area contributed by atoms with Crippen molar-refractivity contribution < 1.29 is 14.7 Å². The molecule has 1 heterocycles. The maximum absolute atomic E-state index is 12.0. The van der Waals surface area contributed by atoms with Crippen LogP contribution < -0.4 is 5.56 Å². The molecular weight excluding hydrogens is 316 g/mol. The summed E-state index contributed by atoms with van der Waals surface area (Å²) in [4.78, 5) is 39.9. The SMILES string of the molecule is O=C(O)c1ncc(C(=O)c2ccc(Br)cc2)c(=O)[nH]1. The molecule has 0 unspecified atom stereocenters. The van der Waals surface area contributed by atoms with Gasteiger partial charge in [0.15, 0.2) is 5.78 Å². The van der Waals surface area contributed by atoms with E-state index in [9.17, 15) is 14.4 Å². The van der Waals surface area contributed by atoms with Crippen molar-refractivity contribution in [3.05, 3.63) is 62.2 Å². The lowest BCUT2D eigenvalue weighted by molar-refractivity contribution is 0.0682. The minimum absolute atomic E-state index is 0.202. The summed E-state index contributed by atoms with van der Waals surface area (Å²) in [7, 11) is 0. The Labute approximate surface area is 115 Å². The van der Waals surface area contributed by atoms with Crippen LogP contribution in [0.4, 0.5) is 0 Å². The second kappa shape index (κ2) is 5.15. The smallest absolute Gasteiger partial charge is 0.372 e. The van der Waals surface area contributed by atoms with Crippen molar-refractivity contribution in [3.63, 3.8) is 0 Å². The number of hydrogen-bond donors (Lipinski definition) is 2. The monoisotopic (exact) mass is 322 g/mol. The first-order valence-electron chi connectivity index (χ1n) is 5.12. The largest absolute Gasteiger partial charge is 0.475 e. The van der Waals surface area contributed by atoms with Crippen LogP contribution in [-0.2, 0) is 0 Å². The van der Waals surface area contributed by atoms with Crippen LogP contribution in [0.3, 0.4) is 0 Å². The minimum Gasteiger partial charge on any atom is -0.475 e. The maximum atomic E-state index is 12.0. The molecule has 0 saturated heterocycles. The molecule has 1 aromatic carbocycles. The molecule has 0 saturated carbocycles. The number of halogens is 1. The first kappa shape index (κ1) is 13.2. The fourth-order valence-corrected chi connectivity index (χ4v) is 1.69. The van der Waals surface area contributed by atoms with Gasteiger partial charge in [0.1, 0.15) is 5.56 Å². The number of aromatic nitrogens is 2. The molecule has 0 aliphatic rings. The highest BCUT2D eigenvalue weighted by Crippen LogP contribution is 2.12. The highest BCUT2D eigenvalue weighted by Gasteiger charge is 2.15. The number of rotatable bonds is 3. The fraction of sp³-hybridized carbons (Fsp3) is 0. The number of carboxylic acid groups (broad SMARTS) is 1. The Hall–Kier alpha value is -2.28. The van der Waals surface area contributed by atoms with Crippen LogP contribution in [-0.4, -0.2) is 26.8 Å². The highest BCUT2D eigenvalue weighted by atomic mass is 79.9. The summed E-state index contributed by atoms with van der Waals surface area (Å²) in [6.45, 7) is 0. The van der Waals surface area contributed by atoms with Crippen molar-refractivity contribution in [2.24, 2.45) is 0 Å². The molecule has 0 atom stereocenters. The molecule has 6 nitrogen and oxygen atoms in total. The van der Waals surface area contributed by atoms with E-state index in [1.165, 1.54) is 0 Å². The number of benzene rings is 1. The van der Waals surface area contributed by atoms with Crippen molar-refractivity contribution in [1.29, 1.82) is 0 Å². The standard InChI is InChI=1S/C12H7BrN2O4/c13-7-3-1-6(2-4-7)9(16)8-5-14-10(12(18)19)15-11(8)17/h1-5H,(H,18,19)(H,14,15,17). The predicted octanol–water partition coefficient (Wildman–Crippen LogP) is 1.46. The molecule has 96 valence electrons. The van der Waals surface area contributed by atoms with E-state index in [1.807, 2.05) is 4.98 Å². The first-order chi connectivity index (χ1) is 8.99. The van der Waals surface area contributed by atoms with E-state index >= 15 is 0 Å². The Morgan fingerprint density at radius 1 is 1.21 bits per heavy atom. The second-order valence-electron chi connectivity index (χ2n) is 3.62. The van der Waals surface area contributed by atoms with Crippen molar-refractivity contribution in [2.75, 3.05) is 0 Å². The van der Waals surface area contributed by atoms with Gasteiger partial charge < -0.3 is 10.1 Å². The number of ketones is 1. The highest BCUT2D eigenvalue weighted by molar-refractivity contribution is 9.10. The number of nitrogens with zero attached hydrogens (tertiary/aromatic N) is 1. The number of aromatic carboxylic acids is 1. The molecule has 1 aromatic heterocycles. The van der Waals surface area contributed by atoms with E-state index < -0.39 is 23.1 Å². The average molecular weight is 323 g/mol. The number of nitrogens with one attached hydrogen (secondary N) is 1. The minimum atomic E-state index is -1.36. The van der Waals surface area contributed by atoms with Gasteiger partial charge in [0.25, 0.3) is 5.56 Å². The van der Waals surface area contributed by atoms with E-state index in [4.69, 9.17) is 5.11 Å². The third kappa shape index (κ3) is 2.76. The molecule has 7 heteroatoms. The molecule has 2 rings (SSSR count). The number of carbonyl (C=O) groups is 2. The molecular formula is C12H7BrN2O4. The molecule has 0 radical (unpaired) electrons. The number of aromatic amines is 1. The van der Waals surface area contributed by atoms with Crippen LogP contribution in [0.25, 0.3) is 0 Å². The summed E-state index contributed by atoms with van der Waals surface area (Å²) in [6, 6.07) is 6.44. The normalized spacial score (nSPS) is 10.2. The lowest BCUT2D eigenvalue weighted by Crippen LogP contribution is -2.22. The van der Waals surface area contributed by atoms with Gasteiger partial charge in [0.2, 0.25) is 5.82 Å². The summed E-state index contributed by atoms with van der Waals surface area (Å²) >= 11 is 3.23. The number of hydrogen-bond acceptors (Lipinski definition) is 4. The van der Waals surface area contributed by atoms with Gasteiger partial charge in [-0.05, 0) is 24.3 Å². The van der Waals surface area contributed by atoms with Crippen molar-refractivity contribution in [3.8, 4) is 0 Å². The summed E-state index contributed by atoms with van der Waals surface area (Å²) in [5, 5.41) is 8.66. The molecule has 0 spiro atoms. The number of H-pyrrole nitrogens is 1. The van der Waals surface area contributed by atoms with E-state index in [0.29, 0.717) is 5.56 Å². The van der Waals surface area contributed by atoms with E-state index in [0.717, 1.165) is 10.7 Å². The fourth-order valence-electron chi connectivity index (χ4n) is 1.42. The van der Waals surface area contributed by atoms with Crippen LogP contribution in [0.15, 0.2) is 39.7 Å². The van der Waals surface area contributed by atoms with Crippen molar-refractivity contribution in [2.45, 2.75) is 0 Å². The Bertz CT molecular complexity index is 706. The molecule has 0 bridgehead atoms. The third-order valence-electron chi connectivity index (χ3n) is 2.35. The van der Waals surface area contributed by atoms with Crippen LogP contribution in [0.5, 0.6) is 0 Å². The molecule has 19 heavy (non-hydrogen) atoms. The molecule has 0 aliphatic carbocycles. The summed E-state index contributed by atoms with van der Waals surface area (Å²) in [5.41, 5.74) is -0.661. The van der Waals surface area contributed by atoms with Gasteiger partial charge in [-0.3, -0.25) is 9.59 Å². The lowest BCUT2D eigenvalue weighted by Gasteiger charge is -2.01. The van der Waals surface area contributed by atoms with Crippen LogP contribution in [0.2, 0.25) is 0 Å². The topological polar surface area (TPSA) is 100 Å². The van der Waals surface area contributed by atoms with Crippen LogP contribution in [0.1, 0.15) is 26.5 Å². The Morgan fingerprint density at radius 3 is 2.37 bits per heavy atom. The van der Waals surface area contributed by atoms with Gasteiger partial charge in [0, 0.05) is 16.2 Å². The van der Waals surface area contributed by atoms with Gasteiger partial charge >= 0.3 is 5.97 Å². The Morgan fingerprint density at radius 2 is 1.84 bits per heavy atom. The predicted molar refractivity (Wildman–Crippen MR) is 69.4 cm³/mol. The Kier molecular flexibility index (Phi) is 3.57. The van der Waals surface area contributed by atoms with Crippen molar-refractivity contribution in [1.82, 2.24) is 9.97 Å². The van der Waals surface area contributed by atoms with Gasteiger partial charge in [0.05, 0.1) is 0 Å². The first-order valence-corrected chi connectivity index (χ1v) is 5.91. The summed E-state index contributed by atoms with van der Waals surface area (Å²) in [5.74, 6) is -2.38. The molecule has 0 amide bonds. The van der Waals surface area contributed by atoms with Gasteiger partial charge in [-0.1, -0.05) is 15.9 Å². The third-order valence-corrected chi connectivity index (χ3v) is 2.88. The molecule has 0 fully saturated rings. The number of carboxylic acids is 1. The quantitative estimate of drug-likeness (QED) is 0.833. The summed E-state index contributed by atoms with van der Waals surface area (Å²) in [6.07, 6.45) is 0.965. The van der Waals surface area contributed by atoms with E-state index in [-0.39, 0.29) is 5.56 Å². The molecule has 0 aliphatic heterocycles. The van der Waals surface area contributed by atoms with Crippen molar-refractivity contribution >= 4 is 27.7 Å². The average Bonchev–Trinajstić information content (AvgIpc) is 2.38. The van der Waals surface area contributed by atoms with Gasteiger partial charge in [-0.2, -0.15) is 0 Å². The van der Waals surface area contributed by atoms with Crippen LogP contribution >= 0.6 is 15.9 Å². The zero-order valence-electron chi connectivity index (χ0n) is 9.38. The number of carbonyl (C=O) groups excluding carboxylic acids is 1. The van der Waals surface area contributed by atoms with Crippen LogP contribution in [0, 0.1) is 0 Å². The van der Waals surface area contributed by atoms with E-state index in [1.54, 1.807) is 24.3 Å². The second-order valence-corrected chi connectivity index (χ2v) is 4.53. The lowest BCUT2D eigenvalue weighted by atomic mass is 10.1. The van der Waals surface area contributed by atoms with E-state index in [2.05, 4.69) is 20.9 Å². The maximum Gasteiger partial charge on any atom is 0.372 e. The summed E-state index contributed by atoms with van der Waals surface area (Å²) < 4.78 is 0.803.